The summed E-state index contributed by atoms with van der Waals surface area (Å²) in [6.07, 6.45) is -0.370. The molecule has 0 bridgehead atoms. The van der Waals surface area contributed by atoms with Crippen LogP contribution in [0.2, 0.25) is 0 Å². The highest BCUT2D eigenvalue weighted by Gasteiger charge is 2.40. The molecule has 0 amide bonds. The van der Waals surface area contributed by atoms with Crippen LogP contribution >= 0.6 is 0 Å². The number of aromatic amines is 1. The molecule has 3 atom stereocenters. The number of nitrogens with zero attached hydrogens (tertiary/aromatic N) is 1. The van der Waals surface area contributed by atoms with Crippen LogP contribution in [0.1, 0.15) is 29.3 Å². The summed E-state index contributed by atoms with van der Waals surface area (Å²) in [6.45, 7) is 0.328. The van der Waals surface area contributed by atoms with Crippen LogP contribution in [0.4, 0.5) is 0 Å². The van der Waals surface area contributed by atoms with E-state index >= 15 is 0 Å². The van der Waals surface area contributed by atoms with Crippen LogP contribution in [0.15, 0.2) is 113 Å². The van der Waals surface area contributed by atoms with Gasteiger partial charge in [-0.2, -0.15) is 0 Å². The van der Waals surface area contributed by atoms with E-state index in [1.165, 1.54) is 16.8 Å². The van der Waals surface area contributed by atoms with Gasteiger partial charge in [-0.1, -0.05) is 91.0 Å². The molecule has 178 valence electrons. The summed E-state index contributed by atoms with van der Waals surface area (Å²) in [5, 5.41) is 14.5. The van der Waals surface area contributed by atoms with Gasteiger partial charge >= 0.3 is 5.69 Å². The number of rotatable bonds is 7. The van der Waals surface area contributed by atoms with Crippen LogP contribution in [0, 0.1) is 0 Å². The standard InChI is InChI=1S/C28H27N3O4/c32-23-18-26(31-17-16-25(33)30-27(31)34)35-24(23)19-29-28(20-10-4-1-5-11-20,21-12-6-2-7-13-21)22-14-8-3-9-15-22/h1-17,23-24,26,29,32H,18-19H2,(H,30,33,34)/t23-,24+,26+/m0/s1. The molecule has 0 unspecified atom stereocenters. The Kier molecular flexibility index (Phi) is 6.46. The van der Waals surface area contributed by atoms with E-state index in [4.69, 9.17) is 4.74 Å². The van der Waals surface area contributed by atoms with Crippen molar-refractivity contribution < 1.29 is 9.84 Å². The number of hydrogen-bond donors (Lipinski definition) is 3. The van der Waals surface area contributed by atoms with Crippen LogP contribution < -0.4 is 16.6 Å². The van der Waals surface area contributed by atoms with Gasteiger partial charge in [0, 0.05) is 25.2 Å². The van der Waals surface area contributed by atoms with Crippen LogP contribution in [-0.2, 0) is 10.3 Å². The van der Waals surface area contributed by atoms with E-state index in [-0.39, 0.29) is 6.42 Å². The SMILES string of the molecule is O=c1ccn([C@H]2C[C@H](O)[C@@H](CNC(c3ccccc3)(c3ccccc3)c3ccccc3)O2)c(=O)[nH]1. The van der Waals surface area contributed by atoms with E-state index in [1.807, 2.05) is 54.6 Å². The first kappa shape index (κ1) is 23.0. The summed E-state index contributed by atoms with van der Waals surface area (Å²) in [7, 11) is 0. The molecule has 7 heteroatoms. The Morgan fingerprint density at radius 1 is 0.857 bits per heavy atom. The second kappa shape index (κ2) is 9.84. The third-order valence-electron chi connectivity index (χ3n) is 6.55. The Morgan fingerprint density at radius 2 is 1.37 bits per heavy atom. The Morgan fingerprint density at radius 3 is 1.86 bits per heavy atom. The van der Waals surface area contributed by atoms with Crippen molar-refractivity contribution in [3.63, 3.8) is 0 Å². The van der Waals surface area contributed by atoms with Gasteiger partial charge in [-0.15, -0.1) is 0 Å². The largest absolute Gasteiger partial charge is 0.390 e. The lowest BCUT2D eigenvalue weighted by atomic mass is 9.77. The lowest BCUT2D eigenvalue weighted by Gasteiger charge is -2.38. The molecular weight excluding hydrogens is 442 g/mol. The highest BCUT2D eigenvalue weighted by molar-refractivity contribution is 5.49. The minimum Gasteiger partial charge on any atom is -0.390 e. The predicted molar refractivity (Wildman–Crippen MR) is 133 cm³/mol. The number of ether oxygens (including phenoxy) is 1. The topological polar surface area (TPSA) is 96.3 Å². The number of H-pyrrole nitrogens is 1. The molecule has 1 saturated heterocycles. The maximum absolute atomic E-state index is 12.2. The number of aromatic nitrogens is 2. The number of nitrogens with one attached hydrogen (secondary N) is 2. The van der Waals surface area contributed by atoms with Gasteiger partial charge < -0.3 is 9.84 Å². The average Bonchev–Trinajstić information content (AvgIpc) is 3.26. The number of hydrogen-bond acceptors (Lipinski definition) is 5. The van der Waals surface area contributed by atoms with E-state index in [0.717, 1.165) is 16.7 Å². The van der Waals surface area contributed by atoms with Crippen molar-refractivity contribution in [3.05, 3.63) is 141 Å². The summed E-state index contributed by atoms with van der Waals surface area (Å²) < 4.78 is 7.42. The molecule has 1 aromatic heterocycles. The Balaban J connectivity index is 1.50. The zero-order valence-electron chi connectivity index (χ0n) is 19.1. The molecule has 1 aliphatic heterocycles. The summed E-state index contributed by atoms with van der Waals surface area (Å²) in [5.74, 6) is 0. The number of benzene rings is 3. The third kappa shape index (κ3) is 4.49. The molecule has 1 aliphatic rings. The minimum absolute atomic E-state index is 0.243. The minimum atomic E-state index is -0.786. The Labute approximate surface area is 202 Å². The summed E-state index contributed by atoms with van der Waals surface area (Å²) in [5.41, 5.74) is 1.44. The van der Waals surface area contributed by atoms with Gasteiger partial charge in [-0.3, -0.25) is 19.7 Å². The molecule has 0 aliphatic carbocycles. The smallest absolute Gasteiger partial charge is 0.330 e. The molecule has 35 heavy (non-hydrogen) atoms. The highest BCUT2D eigenvalue weighted by atomic mass is 16.5. The first-order chi connectivity index (χ1) is 17.1. The van der Waals surface area contributed by atoms with Crippen molar-refractivity contribution in [1.29, 1.82) is 0 Å². The van der Waals surface area contributed by atoms with E-state index in [1.54, 1.807) is 0 Å². The van der Waals surface area contributed by atoms with E-state index < -0.39 is 35.2 Å². The summed E-state index contributed by atoms with van der Waals surface area (Å²) in [4.78, 5) is 25.9. The highest BCUT2D eigenvalue weighted by Crippen LogP contribution is 2.37. The molecule has 0 saturated carbocycles. The molecule has 7 nitrogen and oxygen atoms in total. The zero-order valence-corrected chi connectivity index (χ0v) is 19.1. The van der Waals surface area contributed by atoms with E-state index in [2.05, 4.69) is 46.7 Å². The average molecular weight is 470 g/mol. The first-order valence-corrected chi connectivity index (χ1v) is 11.6. The fraction of sp³-hybridized carbons (Fsp3) is 0.214. The van der Waals surface area contributed by atoms with E-state index in [9.17, 15) is 14.7 Å². The summed E-state index contributed by atoms with van der Waals surface area (Å²) >= 11 is 0. The maximum atomic E-state index is 12.2. The number of aliphatic hydroxyl groups excluding tert-OH is 1. The molecule has 0 radical (unpaired) electrons. The Bertz CT molecular complexity index is 1270. The van der Waals surface area contributed by atoms with Crippen molar-refractivity contribution in [2.75, 3.05) is 6.54 Å². The molecule has 4 aromatic rings. The normalized spacial score (nSPS) is 20.1. The molecule has 2 heterocycles. The molecule has 3 N–H and O–H groups in total. The van der Waals surface area contributed by atoms with Crippen molar-refractivity contribution >= 4 is 0 Å². The van der Waals surface area contributed by atoms with Crippen LogP contribution in [-0.4, -0.2) is 33.4 Å². The Hall–Kier alpha value is -3.78. The molecule has 3 aromatic carbocycles. The molecule has 1 fully saturated rings. The second-order valence-corrected chi connectivity index (χ2v) is 8.68. The lowest BCUT2D eigenvalue weighted by Crippen LogP contribution is -2.49. The molecule has 5 rings (SSSR count). The van der Waals surface area contributed by atoms with Crippen LogP contribution in [0.5, 0.6) is 0 Å². The van der Waals surface area contributed by atoms with Gasteiger partial charge in [0.2, 0.25) is 0 Å². The quantitative estimate of drug-likeness (QED) is 0.362. The zero-order chi connectivity index (χ0) is 24.3. The van der Waals surface area contributed by atoms with Crippen molar-refractivity contribution in [2.45, 2.75) is 30.4 Å². The second-order valence-electron chi connectivity index (χ2n) is 8.68. The van der Waals surface area contributed by atoms with Crippen LogP contribution in [0.3, 0.4) is 0 Å². The maximum Gasteiger partial charge on any atom is 0.330 e. The first-order valence-electron chi connectivity index (χ1n) is 11.6. The fourth-order valence-corrected chi connectivity index (χ4v) is 4.85. The van der Waals surface area contributed by atoms with Gasteiger partial charge in [-0.25, -0.2) is 4.79 Å². The van der Waals surface area contributed by atoms with Gasteiger partial charge in [0.25, 0.3) is 5.56 Å². The third-order valence-corrected chi connectivity index (χ3v) is 6.55. The fourth-order valence-electron chi connectivity index (χ4n) is 4.85. The summed E-state index contributed by atoms with van der Waals surface area (Å²) in [6, 6.07) is 31.8. The lowest BCUT2D eigenvalue weighted by molar-refractivity contribution is -0.0212. The predicted octanol–water partition coefficient (Wildman–Crippen LogP) is 2.77. The monoisotopic (exact) mass is 469 g/mol. The van der Waals surface area contributed by atoms with Gasteiger partial charge in [-0.05, 0) is 16.7 Å². The van der Waals surface area contributed by atoms with E-state index in [0.29, 0.717) is 6.54 Å². The molecule has 0 spiro atoms. The van der Waals surface area contributed by atoms with Gasteiger partial charge in [0.1, 0.15) is 6.23 Å². The van der Waals surface area contributed by atoms with Crippen LogP contribution in [0.25, 0.3) is 0 Å². The van der Waals surface area contributed by atoms with Crippen molar-refractivity contribution in [2.24, 2.45) is 0 Å². The van der Waals surface area contributed by atoms with Crippen molar-refractivity contribution in [1.82, 2.24) is 14.9 Å². The molecular formula is C28H27N3O4. The van der Waals surface area contributed by atoms with Gasteiger partial charge in [0.05, 0.1) is 17.7 Å². The van der Waals surface area contributed by atoms with Crippen molar-refractivity contribution in [3.8, 4) is 0 Å². The number of aliphatic hydroxyl groups is 1. The van der Waals surface area contributed by atoms with Gasteiger partial charge in [0.15, 0.2) is 0 Å².